The first kappa shape index (κ1) is 35.8. The van der Waals surface area contributed by atoms with Crippen molar-refractivity contribution >= 4 is 8.32 Å². The minimum atomic E-state index is -1.94. The van der Waals surface area contributed by atoms with Crippen molar-refractivity contribution in [1.29, 1.82) is 0 Å². The van der Waals surface area contributed by atoms with Gasteiger partial charge in [-0.1, -0.05) is 133 Å². The molecule has 2 aromatic carbocycles. The van der Waals surface area contributed by atoms with Crippen LogP contribution in [0.5, 0.6) is 0 Å². The molecule has 0 heterocycles. The number of unbranched alkanes of at least 4 members (excludes halogenated alkanes) is 5. The SMILES string of the molecule is CC/C=C\C[C@H]1C[C@H]1C[C@H](OCc1ccccc1)[C@@H](CCCCCCCCOCc1ccccc1)O[Si](C)(C)C(C)(C)C. The normalized spacial score (nSPS) is 18.7. The van der Waals surface area contributed by atoms with E-state index in [-0.39, 0.29) is 17.2 Å². The fourth-order valence-corrected chi connectivity index (χ4v) is 7.01. The molecule has 1 aliphatic rings. The van der Waals surface area contributed by atoms with E-state index in [0.717, 1.165) is 50.7 Å². The van der Waals surface area contributed by atoms with Crippen molar-refractivity contribution < 1.29 is 13.9 Å². The molecular formula is C39H62O3Si. The molecule has 0 aliphatic heterocycles. The van der Waals surface area contributed by atoms with Crippen molar-refractivity contribution in [3.8, 4) is 0 Å². The van der Waals surface area contributed by atoms with Crippen LogP contribution in [0, 0.1) is 11.8 Å². The fraction of sp³-hybridized carbons (Fsp3) is 0.641. The van der Waals surface area contributed by atoms with E-state index in [4.69, 9.17) is 13.9 Å². The lowest BCUT2D eigenvalue weighted by Gasteiger charge is -2.41. The van der Waals surface area contributed by atoms with Gasteiger partial charge in [-0.3, -0.25) is 0 Å². The molecule has 240 valence electrons. The molecule has 0 unspecified atom stereocenters. The third kappa shape index (κ3) is 13.8. The Morgan fingerprint density at radius 2 is 1.37 bits per heavy atom. The lowest BCUT2D eigenvalue weighted by atomic mass is 9.99. The topological polar surface area (TPSA) is 27.7 Å². The number of allylic oxidation sites excluding steroid dienone is 2. The Kier molecular flexibility index (Phi) is 15.7. The molecule has 3 rings (SSSR count). The number of benzene rings is 2. The van der Waals surface area contributed by atoms with Crippen LogP contribution in [-0.2, 0) is 27.1 Å². The summed E-state index contributed by atoms with van der Waals surface area (Å²) in [5.41, 5.74) is 2.51. The molecule has 0 N–H and O–H groups in total. The van der Waals surface area contributed by atoms with Crippen LogP contribution >= 0.6 is 0 Å². The van der Waals surface area contributed by atoms with Gasteiger partial charge in [0.1, 0.15) is 0 Å². The molecule has 1 saturated carbocycles. The summed E-state index contributed by atoms with van der Waals surface area (Å²) in [6, 6.07) is 21.2. The second-order valence-corrected chi connectivity index (χ2v) is 19.1. The third-order valence-corrected chi connectivity index (χ3v) is 14.1. The average Bonchev–Trinajstić information content (AvgIpc) is 3.73. The Balaban J connectivity index is 1.51. The van der Waals surface area contributed by atoms with Gasteiger partial charge in [-0.05, 0) is 79.6 Å². The highest BCUT2D eigenvalue weighted by Crippen LogP contribution is 2.47. The zero-order valence-electron chi connectivity index (χ0n) is 28.4. The van der Waals surface area contributed by atoms with Gasteiger partial charge in [0, 0.05) is 6.61 Å². The van der Waals surface area contributed by atoms with Crippen LogP contribution in [0.2, 0.25) is 18.1 Å². The van der Waals surface area contributed by atoms with E-state index in [1.165, 1.54) is 56.1 Å². The van der Waals surface area contributed by atoms with Gasteiger partial charge in [0.15, 0.2) is 8.32 Å². The van der Waals surface area contributed by atoms with Crippen LogP contribution in [0.15, 0.2) is 72.8 Å². The van der Waals surface area contributed by atoms with Crippen molar-refractivity contribution in [3.05, 3.63) is 83.9 Å². The molecule has 0 bridgehead atoms. The number of hydrogen-bond donors (Lipinski definition) is 0. The quantitative estimate of drug-likeness (QED) is 0.0758. The van der Waals surface area contributed by atoms with Crippen LogP contribution in [0.3, 0.4) is 0 Å². The number of ether oxygens (including phenoxy) is 2. The monoisotopic (exact) mass is 606 g/mol. The van der Waals surface area contributed by atoms with E-state index in [1.807, 2.05) is 0 Å². The lowest BCUT2D eigenvalue weighted by Crippen LogP contribution is -2.47. The zero-order valence-corrected chi connectivity index (χ0v) is 29.4. The first-order valence-electron chi connectivity index (χ1n) is 17.3. The van der Waals surface area contributed by atoms with Gasteiger partial charge in [0.25, 0.3) is 0 Å². The van der Waals surface area contributed by atoms with E-state index in [9.17, 15) is 0 Å². The maximum Gasteiger partial charge on any atom is 0.192 e. The Hall–Kier alpha value is -1.72. The molecule has 0 saturated heterocycles. The molecule has 3 nitrogen and oxygen atoms in total. The summed E-state index contributed by atoms with van der Waals surface area (Å²) in [5.74, 6) is 1.58. The van der Waals surface area contributed by atoms with Crippen LogP contribution in [0.25, 0.3) is 0 Å². The summed E-state index contributed by atoms with van der Waals surface area (Å²) in [6.07, 6.45) is 18.4. The van der Waals surface area contributed by atoms with E-state index in [0.29, 0.717) is 6.61 Å². The first-order chi connectivity index (χ1) is 20.7. The maximum atomic E-state index is 7.21. The third-order valence-electron chi connectivity index (χ3n) is 9.56. The summed E-state index contributed by atoms with van der Waals surface area (Å²) >= 11 is 0. The van der Waals surface area contributed by atoms with Gasteiger partial charge in [-0.2, -0.15) is 0 Å². The van der Waals surface area contributed by atoms with Crippen LogP contribution < -0.4 is 0 Å². The largest absolute Gasteiger partial charge is 0.411 e. The summed E-state index contributed by atoms with van der Waals surface area (Å²) in [6.45, 7) is 16.4. The molecule has 4 heteroatoms. The molecule has 1 fully saturated rings. The summed E-state index contributed by atoms with van der Waals surface area (Å²) in [7, 11) is -1.94. The molecule has 0 spiro atoms. The molecule has 4 atom stereocenters. The van der Waals surface area contributed by atoms with Crippen molar-refractivity contribution in [3.63, 3.8) is 0 Å². The van der Waals surface area contributed by atoms with Crippen molar-refractivity contribution in [2.24, 2.45) is 11.8 Å². The van der Waals surface area contributed by atoms with Crippen LogP contribution in [-0.4, -0.2) is 27.1 Å². The molecule has 1 aliphatic carbocycles. The average molecular weight is 607 g/mol. The van der Waals surface area contributed by atoms with Crippen molar-refractivity contribution in [1.82, 2.24) is 0 Å². The highest BCUT2D eigenvalue weighted by atomic mass is 28.4. The van der Waals surface area contributed by atoms with Gasteiger partial charge in [-0.15, -0.1) is 0 Å². The highest BCUT2D eigenvalue weighted by Gasteiger charge is 2.43. The minimum Gasteiger partial charge on any atom is -0.411 e. The Morgan fingerprint density at radius 3 is 2.00 bits per heavy atom. The fourth-order valence-electron chi connectivity index (χ4n) is 5.63. The van der Waals surface area contributed by atoms with Crippen molar-refractivity contribution in [2.45, 2.75) is 142 Å². The smallest absolute Gasteiger partial charge is 0.192 e. The Labute approximate surface area is 265 Å². The van der Waals surface area contributed by atoms with Gasteiger partial charge in [0.2, 0.25) is 0 Å². The van der Waals surface area contributed by atoms with E-state index in [1.54, 1.807) is 0 Å². The molecule has 2 aromatic rings. The van der Waals surface area contributed by atoms with Gasteiger partial charge in [-0.25, -0.2) is 0 Å². The minimum absolute atomic E-state index is 0.154. The first-order valence-corrected chi connectivity index (χ1v) is 20.2. The van der Waals surface area contributed by atoms with Gasteiger partial charge >= 0.3 is 0 Å². The second kappa shape index (κ2) is 18.9. The Bertz CT molecular complexity index is 1010. The molecule has 0 amide bonds. The number of rotatable bonds is 22. The van der Waals surface area contributed by atoms with Crippen LogP contribution in [0.1, 0.15) is 109 Å². The predicted molar refractivity (Wildman–Crippen MR) is 186 cm³/mol. The predicted octanol–water partition coefficient (Wildman–Crippen LogP) is 11.3. The summed E-state index contributed by atoms with van der Waals surface area (Å²) < 4.78 is 19.9. The lowest BCUT2D eigenvalue weighted by molar-refractivity contribution is -0.0508. The molecule has 0 radical (unpaired) electrons. The van der Waals surface area contributed by atoms with Crippen LogP contribution in [0.4, 0.5) is 0 Å². The van der Waals surface area contributed by atoms with E-state index in [2.05, 4.69) is 114 Å². The second-order valence-electron chi connectivity index (χ2n) is 14.3. The number of hydrogen-bond acceptors (Lipinski definition) is 3. The van der Waals surface area contributed by atoms with Gasteiger partial charge in [0.05, 0.1) is 25.4 Å². The molecular weight excluding hydrogens is 545 g/mol. The van der Waals surface area contributed by atoms with E-state index >= 15 is 0 Å². The zero-order chi connectivity index (χ0) is 31.0. The van der Waals surface area contributed by atoms with E-state index < -0.39 is 8.32 Å². The van der Waals surface area contributed by atoms with Gasteiger partial charge < -0.3 is 13.9 Å². The Morgan fingerprint density at radius 1 is 0.767 bits per heavy atom. The summed E-state index contributed by atoms with van der Waals surface area (Å²) in [5, 5.41) is 0.185. The molecule has 43 heavy (non-hydrogen) atoms. The summed E-state index contributed by atoms with van der Waals surface area (Å²) in [4.78, 5) is 0. The highest BCUT2D eigenvalue weighted by molar-refractivity contribution is 6.74. The molecule has 0 aromatic heterocycles. The standard InChI is InChI=1S/C39H62O3Si/c1-7-8-15-26-35-29-36(35)30-38(41-32-34-24-18-14-19-25-34)37(42-43(5,6)39(2,3)4)27-20-11-9-10-12-21-28-40-31-33-22-16-13-17-23-33/h8,13-19,22-25,35-38H,7,9-12,20-21,26-32H2,1-6H3/b15-8-/t35-,36-,37+,38-/m0/s1. The van der Waals surface area contributed by atoms with Crippen molar-refractivity contribution in [2.75, 3.05) is 6.61 Å². The maximum absolute atomic E-state index is 7.21.